The van der Waals surface area contributed by atoms with Crippen LogP contribution < -0.4 is 5.14 Å². The van der Waals surface area contributed by atoms with E-state index in [1.807, 2.05) is 48.7 Å². The maximum Gasteiger partial charge on any atom is 0.293 e. The summed E-state index contributed by atoms with van der Waals surface area (Å²) < 4.78 is 24.9. The average molecular weight is 489 g/mol. The van der Waals surface area contributed by atoms with Gasteiger partial charge in [-0.25, -0.2) is 23.2 Å². The summed E-state index contributed by atoms with van der Waals surface area (Å²) >= 11 is 0. The highest BCUT2D eigenvalue weighted by Gasteiger charge is 2.31. The number of nitrogens with zero attached hydrogens (tertiary/aromatic N) is 5. The van der Waals surface area contributed by atoms with E-state index < -0.39 is 10.0 Å². The molecule has 2 N–H and O–H groups in total. The van der Waals surface area contributed by atoms with Gasteiger partial charge in [0.25, 0.3) is 5.91 Å². The third-order valence-corrected chi connectivity index (χ3v) is 7.04. The summed E-state index contributed by atoms with van der Waals surface area (Å²) in [7, 11) is -3.82. The van der Waals surface area contributed by atoms with Crippen LogP contribution in [0.5, 0.6) is 0 Å². The molecule has 178 valence electrons. The van der Waals surface area contributed by atoms with Crippen LogP contribution in [0, 0.1) is 0 Å². The van der Waals surface area contributed by atoms with Crippen molar-refractivity contribution >= 4 is 15.9 Å². The number of nitrogens with two attached hydrogens (primary N) is 1. The van der Waals surface area contributed by atoms with Crippen molar-refractivity contribution in [2.75, 3.05) is 13.1 Å². The van der Waals surface area contributed by atoms with Gasteiger partial charge in [-0.05, 0) is 47.9 Å². The summed E-state index contributed by atoms with van der Waals surface area (Å²) in [5.41, 5.74) is 2.71. The van der Waals surface area contributed by atoms with Gasteiger partial charge in [0.05, 0.1) is 10.6 Å². The number of benzene rings is 2. The highest BCUT2D eigenvalue weighted by atomic mass is 32.2. The van der Waals surface area contributed by atoms with E-state index >= 15 is 0 Å². The van der Waals surface area contributed by atoms with Crippen LogP contribution in [0.15, 0.2) is 84.0 Å². The number of rotatable bonds is 6. The van der Waals surface area contributed by atoms with Gasteiger partial charge in [-0.15, -0.1) is 5.10 Å². The first-order chi connectivity index (χ1) is 16.9. The Balaban J connectivity index is 1.45. The Morgan fingerprint density at radius 2 is 1.80 bits per heavy atom. The first-order valence-corrected chi connectivity index (χ1v) is 12.8. The summed E-state index contributed by atoms with van der Waals surface area (Å²) in [4.78, 5) is 23.9. The zero-order valence-electron chi connectivity index (χ0n) is 18.9. The monoisotopic (exact) mass is 488 g/mol. The van der Waals surface area contributed by atoms with Crippen LogP contribution in [0.2, 0.25) is 0 Å². The van der Waals surface area contributed by atoms with Crippen molar-refractivity contribution in [3.63, 3.8) is 0 Å². The zero-order valence-corrected chi connectivity index (χ0v) is 19.7. The van der Waals surface area contributed by atoms with E-state index in [9.17, 15) is 13.2 Å². The molecule has 2 aromatic carbocycles. The second-order valence-electron chi connectivity index (χ2n) is 8.49. The lowest BCUT2D eigenvalue weighted by Gasteiger charge is -2.14. The number of sulfonamides is 1. The summed E-state index contributed by atoms with van der Waals surface area (Å²) in [6.45, 7) is 1.19. The number of pyridine rings is 1. The van der Waals surface area contributed by atoms with Crippen molar-refractivity contribution in [1.29, 1.82) is 0 Å². The molecule has 4 aromatic rings. The molecule has 0 radical (unpaired) electrons. The molecule has 1 atom stereocenters. The molecule has 2 aromatic heterocycles. The van der Waals surface area contributed by atoms with Gasteiger partial charge in [-0.3, -0.25) is 9.78 Å². The van der Waals surface area contributed by atoms with E-state index in [4.69, 9.17) is 5.14 Å². The first-order valence-electron chi connectivity index (χ1n) is 11.2. The Kier molecular flexibility index (Phi) is 6.14. The van der Waals surface area contributed by atoms with Gasteiger partial charge in [-0.1, -0.05) is 36.4 Å². The minimum Gasteiger partial charge on any atom is -0.335 e. The summed E-state index contributed by atoms with van der Waals surface area (Å²) in [6, 6.07) is 19.7. The summed E-state index contributed by atoms with van der Waals surface area (Å²) in [6.07, 6.45) is 4.89. The molecule has 9 nitrogen and oxygen atoms in total. The third kappa shape index (κ3) is 4.98. The molecule has 1 saturated heterocycles. The number of carbonyl (C=O) groups is 1. The molecule has 1 fully saturated rings. The fourth-order valence-corrected chi connectivity index (χ4v) is 4.80. The molecule has 1 aliphatic heterocycles. The Morgan fingerprint density at radius 1 is 1.03 bits per heavy atom. The van der Waals surface area contributed by atoms with Gasteiger partial charge in [0.2, 0.25) is 15.8 Å². The van der Waals surface area contributed by atoms with Crippen LogP contribution in [0.3, 0.4) is 0 Å². The minimum absolute atomic E-state index is 0.000727. The number of hydrogen-bond acceptors (Lipinski definition) is 6. The number of aromatic nitrogens is 4. The SMILES string of the molecule is NS(=O)(=O)c1ccc(-n2nc(C(=O)N3CCC(c4cccnc4)C3)nc2Cc2ccccc2)cc1. The standard InChI is InChI=1S/C25H24N6O3S/c26-35(33,34)22-10-8-21(9-11-22)31-23(15-18-5-2-1-3-6-18)28-24(29-31)25(32)30-14-12-20(17-30)19-7-4-13-27-16-19/h1-11,13,16,20H,12,14-15,17H2,(H2,26,33,34). The lowest BCUT2D eigenvalue weighted by molar-refractivity contribution is 0.0778. The molecular formula is C25H24N6O3S. The third-order valence-electron chi connectivity index (χ3n) is 6.11. The smallest absolute Gasteiger partial charge is 0.293 e. The normalized spacial score (nSPS) is 15.9. The van der Waals surface area contributed by atoms with E-state index in [0.29, 0.717) is 31.0 Å². The Hall–Kier alpha value is -3.89. The number of primary sulfonamides is 1. The quantitative estimate of drug-likeness (QED) is 0.445. The second-order valence-corrected chi connectivity index (χ2v) is 10.0. The molecule has 0 aliphatic carbocycles. The van der Waals surface area contributed by atoms with Crippen molar-refractivity contribution in [3.05, 3.63) is 102 Å². The zero-order chi connectivity index (χ0) is 24.4. The van der Waals surface area contributed by atoms with E-state index in [2.05, 4.69) is 15.1 Å². The second kappa shape index (κ2) is 9.40. The summed E-state index contributed by atoms with van der Waals surface area (Å²) in [5, 5.41) is 9.76. The Labute approximate surface area is 203 Å². The van der Waals surface area contributed by atoms with E-state index in [-0.39, 0.29) is 22.5 Å². The van der Waals surface area contributed by atoms with Gasteiger partial charge in [0.1, 0.15) is 5.82 Å². The lowest BCUT2D eigenvalue weighted by atomic mass is 10.0. The predicted molar refractivity (Wildman–Crippen MR) is 129 cm³/mol. The van der Waals surface area contributed by atoms with Gasteiger partial charge in [0.15, 0.2) is 0 Å². The van der Waals surface area contributed by atoms with Crippen LogP contribution in [0.25, 0.3) is 5.69 Å². The number of carbonyl (C=O) groups excluding carboxylic acids is 1. The van der Waals surface area contributed by atoms with Crippen LogP contribution in [0.1, 0.15) is 39.9 Å². The molecule has 0 spiro atoms. The van der Waals surface area contributed by atoms with Crippen LogP contribution in [-0.2, 0) is 16.4 Å². The van der Waals surface area contributed by atoms with Gasteiger partial charge in [-0.2, -0.15) is 0 Å². The van der Waals surface area contributed by atoms with Crippen LogP contribution in [0.4, 0.5) is 0 Å². The maximum absolute atomic E-state index is 13.3. The first kappa shape index (κ1) is 22.9. The van der Waals surface area contributed by atoms with E-state index in [1.54, 1.807) is 27.9 Å². The van der Waals surface area contributed by atoms with Gasteiger partial charge in [0, 0.05) is 37.8 Å². The highest BCUT2D eigenvalue weighted by molar-refractivity contribution is 7.89. The molecule has 0 bridgehead atoms. The number of amides is 1. The molecule has 1 amide bonds. The minimum atomic E-state index is -3.82. The molecule has 1 unspecified atom stereocenters. The Bertz CT molecular complexity index is 1440. The fraction of sp³-hybridized carbons (Fsp3) is 0.200. The van der Waals surface area contributed by atoms with Gasteiger partial charge >= 0.3 is 0 Å². The topological polar surface area (TPSA) is 124 Å². The van der Waals surface area contributed by atoms with Gasteiger partial charge < -0.3 is 4.90 Å². The molecule has 10 heteroatoms. The molecular weight excluding hydrogens is 464 g/mol. The summed E-state index contributed by atoms with van der Waals surface area (Å²) in [5.74, 6) is 0.680. The van der Waals surface area contributed by atoms with Crippen molar-refractivity contribution in [2.45, 2.75) is 23.7 Å². The molecule has 35 heavy (non-hydrogen) atoms. The Morgan fingerprint density at radius 3 is 2.49 bits per heavy atom. The van der Waals surface area contributed by atoms with Crippen molar-refractivity contribution in [1.82, 2.24) is 24.6 Å². The number of hydrogen-bond donors (Lipinski definition) is 1. The highest BCUT2D eigenvalue weighted by Crippen LogP contribution is 2.27. The molecule has 3 heterocycles. The molecule has 0 saturated carbocycles. The van der Waals surface area contributed by atoms with E-state index in [1.165, 1.54) is 12.1 Å². The van der Waals surface area contributed by atoms with Crippen molar-refractivity contribution < 1.29 is 13.2 Å². The van der Waals surface area contributed by atoms with Crippen LogP contribution in [-0.4, -0.2) is 52.1 Å². The largest absolute Gasteiger partial charge is 0.335 e. The lowest BCUT2D eigenvalue weighted by Crippen LogP contribution is -2.29. The van der Waals surface area contributed by atoms with Crippen LogP contribution >= 0.6 is 0 Å². The van der Waals surface area contributed by atoms with E-state index in [0.717, 1.165) is 17.5 Å². The average Bonchev–Trinajstić information content (AvgIpc) is 3.52. The molecule has 5 rings (SSSR count). The fourth-order valence-electron chi connectivity index (χ4n) is 4.29. The number of likely N-dealkylation sites (tertiary alicyclic amines) is 1. The molecule has 1 aliphatic rings. The van der Waals surface area contributed by atoms with Crippen molar-refractivity contribution in [2.24, 2.45) is 5.14 Å². The predicted octanol–water partition coefficient (Wildman–Crippen LogP) is 2.53. The maximum atomic E-state index is 13.3. The van der Waals surface area contributed by atoms with Crippen molar-refractivity contribution in [3.8, 4) is 5.69 Å².